The third kappa shape index (κ3) is 4.24. The number of rotatable bonds is 5. The second-order valence-electron chi connectivity index (χ2n) is 4.79. The molecule has 0 saturated heterocycles. The fourth-order valence-electron chi connectivity index (χ4n) is 1.99. The molecular weight excluding hydrogens is 337 g/mol. The van der Waals surface area contributed by atoms with Crippen LogP contribution in [0.3, 0.4) is 0 Å². The monoisotopic (exact) mass is 351 g/mol. The smallest absolute Gasteiger partial charge is 0.255 e. The zero-order valence-electron chi connectivity index (χ0n) is 12.7. The van der Waals surface area contributed by atoms with E-state index in [9.17, 15) is 9.59 Å². The van der Waals surface area contributed by atoms with Crippen LogP contribution >= 0.6 is 23.2 Å². The number of hydrogen-bond donors (Lipinski definition) is 1. The second kappa shape index (κ2) is 7.49. The van der Waals surface area contributed by atoms with Gasteiger partial charge in [0.1, 0.15) is 0 Å². The van der Waals surface area contributed by atoms with Crippen LogP contribution in [0.25, 0.3) is 0 Å². The first-order valence-electron chi connectivity index (χ1n) is 6.96. The molecular formula is C17H15Cl2NO3. The highest BCUT2D eigenvalue weighted by Crippen LogP contribution is 2.34. The molecule has 0 aliphatic heterocycles. The molecule has 2 aromatic carbocycles. The molecule has 0 unspecified atom stereocenters. The standard InChI is InChI=1S/C17H15Cl2NO3/c1-3-23-16-14(18)8-12(9-15(16)19)17(22)20-13-6-4-5-11(7-13)10(2)21/h4-9H,3H2,1-2H3,(H,20,22). The van der Waals surface area contributed by atoms with E-state index < -0.39 is 0 Å². The first-order chi connectivity index (χ1) is 10.9. The highest BCUT2D eigenvalue weighted by molar-refractivity contribution is 6.37. The summed E-state index contributed by atoms with van der Waals surface area (Å²) in [6.45, 7) is 3.70. The van der Waals surface area contributed by atoms with E-state index in [1.165, 1.54) is 19.1 Å². The van der Waals surface area contributed by atoms with Crippen molar-refractivity contribution in [2.45, 2.75) is 13.8 Å². The third-order valence-corrected chi connectivity index (χ3v) is 3.64. The Morgan fingerprint density at radius 2 is 1.74 bits per heavy atom. The Morgan fingerprint density at radius 3 is 2.30 bits per heavy atom. The Hall–Kier alpha value is -2.04. The Balaban J connectivity index is 2.24. The minimum atomic E-state index is -0.377. The summed E-state index contributed by atoms with van der Waals surface area (Å²) in [6.07, 6.45) is 0. The fraction of sp³-hybridized carbons (Fsp3) is 0.176. The van der Waals surface area contributed by atoms with Crippen LogP contribution in [0.5, 0.6) is 5.75 Å². The van der Waals surface area contributed by atoms with Crippen LogP contribution in [0.2, 0.25) is 10.0 Å². The Morgan fingerprint density at radius 1 is 1.09 bits per heavy atom. The molecule has 0 spiro atoms. The van der Waals surface area contributed by atoms with Gasteiger partial charge in [0.15, 0.2) is 11.5 Å². The lowest BCUT2D eigenvalue weighted by Crippen LogP contribution is -2.12. The molecule has 0 aromatic heterocycles. The maximum absolute atomic E-state index is 12.3. The summed E-state index contributed by atoms with van der Waals surface area (Å²) in [4.78, 5) is 23.7. The van der Waals surface area contributed by atoms with Crippen LogP contribution in [0.15, 0.2) is 36.4 Å². The van der Waals surface area contributed by atoms with E-state index in [4.69, 9.17) is 27.9 Å². The SMILES string of the molecule is CCOc1c(Cl)cc(C(=O)Nc2cccc(C(C)=O)c2)cc1Cl. The van der Waals surface area contributed by atoms with Gasteiger partial charge in [0.05, 0.1) is 16.7 Å². The van der Waals surface area contributed by atoms with Gasteiger partial charge in [0, 0.05) is 16.8 Å². The maximum Gasteiger partial charge on any atom is 0.255 e. The minimum absolute atomic E-state index is 0.0757. The van der Waals surface area contributed by atoms with Gasteiger partial charge < -0.3 is 10.1 Å². The van der Waals surface area contributed by atoms with Gasteiger partial charge in [-0.1, -0.05) is 35.3 Å². The fourth-order valence-corrected chi connectivity index (χ4v) is 2.59. The first kappa shape index (κ1) is 17.3. The molecule has 0 fully saturated rings. The molecule has 0 atom stereocenters. The number of ether oxygens (including phenoxy) is 1. The van der Waals surface area contributed by atoms with Gasteiger partial charge in [-0.25, -0.2) is 0 Å². The number of carbonyl (C=O) groups is 2. The normalized spacial score (nSPS) is 10.3. The van der Waals surface area contributed by atoms with Crippen molar-refractivity contribution in [2.24, 2.45) is 0 Å². The summed E-state index contributed by atoms with van der Waals surface area (Å²) < 4.78 is 5.33. The van der Waals surface area contributed by atoms with E-state index in [1.54, 1.807) is 24.3 Å². The number of ketones is 1. The molecule has 0 bridgehead atoms. The lowest BCUT2D eigenvalue weighted by molar-refractivity contribution is 0.101. The molecule has 0 saturated carbocycles. The zero-order chi connectivity index (χ0) is 17.0. The molecule has 2 aromatic rings. The Bertz CT molecular complexity index is 736. The van der Waals surface area contributed by atoms with E-state index in [0.29, 0.717) is 29.2 Å². The van der Waals surface area contributed by atoms with Gasteiger partial charge in [0.25, 0.3) is 5.91 Å². The molecule has 6 heteroatoms. The first-order valence-corrected chi connectivity index (χ1v) is 7.72. The quantitative estimate of drug-likeness (QED) is 0.783. The van der Waals surface area contributed by atoms with Gasteiger partial charge in [-0.15, -0.1) is 0 Å². The number of Topliss-reactive ketones (excluding diaryl/α,β-unsaturated/α-hetero) is 1. The van der Waals surface area contributed by atoms with Gasteiger partial charge in [-0.2, -0.15) is 0 Å². The molecule has 0 radical (unpaired) electrons. The van der Waals surface area contributed by atoms with Crippen molar-refractivity contribution < 1.29 is 14.3 Å². The Kier molecular flexibility index (Phi) is 5.64. The van der Waals surface area contributed by atoms with E-state index in [-0.39, 0.29) is 21.7 Å². The highest BCUT2D eigenvalue weighted by atomic mass is 35.5. The largest absolute Gasteiger partial charge is 0.491 e. The van der Waals surface area contributed by atoms with Crippen LogP contribution in [-0.4, -0.2) is 18.3 Å². The van der Waals surface area contributed by atoms with Gasteiger partial charge in [0.2, 0.25) is 0 Å². The molecule has 23 heavy (non-hydrogen) atoms. The number of carbonyl (C=O) groups excluding carboxylic acids is 2. The summed E-state index contributed by atoms with van der Waals surface area (Å²) in [5, 5.41) is 3.24. The molecule has 1 amide bonds. The summed E-state index contributed by atoms with van der Waals surface area (Å²) in [6, 6.07) is 9.67. The number of amides is 1. The molecule has 0 aliphatic carbocycles. The Labute approximate surface area is 144 Å². The maximum atomic E-state index is 12.3. The van der Waals surface area contributed by atoms with Crippen LogP contribution in [0.1, 0.15) is 34.6 Å². The van der Waals surface area contributed by atoms with Crippen molar-refractivity contribution in [3.63, 3.8) is 0 Å². The van der Waals surface area contributed by atoms with Crippen LogP contribution in [0, 0.1) is 0 Å². The van der Waals surface area contributed by atoms with E-state index in [2.05, 4.69) is 5.32 Å². The zero-order valence-corrected chi connectivity index (χ0v) is 14.2. The second-order valence-corrected chi connectivity index (χ2v) is 5.61. The van der Waals surface area contributed by atoms with Crippen molar-refractivity contribution in [3.05, 3.63) is 57.6 Å². The number of hydrogen-bond acceptors (Lipinski definition) is 3. The van der Waals surface area contributed by atoms with Crippen molar-refractivity contribution >= 4 is 40.6 Å². The van der Waals surface area contributed by atoms with Crippen molar-refractivity contribution in [2.75, 3.05) is 11.9 Å². The number of benzene rings is 2. The molecule has 4 nitrogen and oxygen atoms in total. The summed E-state index contributed by atoms with van der Waals surface area (Å²) in [5.74, 6) is -0.100. The predicted molar refractivity (Wildman–Crippen MR) is 92.0 cm³/mol. The average Bonchev–Trinajstić information content (AvgIpc) is 2.51. The topological polar surface area (TPSA) is 55.4 Å². The van der Waals surface area contributed by atoms with E-state index in [0.717, 1.165) is 0 Å². The van der Waals surface area contributed by atoms with Crippen LogP contribution in [0.4, 0.5) is 5.69 Å². The average molecular weight is 352 g/mol. The van der Waals surface area contributed by atoms with E-state index in [1.807, 2.05) is 6.92 Å². The highest BCUT2D eigenvalue weighted by Gasteiger charge is 2.14. The molecule has 0 aliphatic rings. The van der Waals surface area contributed by atoms with Crippen molar-refractivity contribution in [1.29, 1.82) is 0 Å². The minimum Gasteiger partial charge on any atom is -0.491 e. The van der Waals surface area contributed by atoms with Crippen molar-refractivity contribution in [1.82, 2.24) is 0 Å². The van der Waals surface area contributed by atoms with Gasteiger partial charge >= 0.3 is 0 Å². The van der Waals surface area contributed by atoms with Crippen LogP contribution < -0.4 is 10.1 Å². The molecule has 0 heterocycles. The lowest BCUT2D eigenvalue weighted by atomic mass is 10.1. The van der Waals surface area contributed by atoms with Gasteiger partial charge in [-0.3, -0.25) is 9.59 Å². The predicted octanol–water partition coefficient (Wildman–Crippen LogP) is 4.85. The van der Waals surface area contributed by atoms with Gasteiger partial charge in [-0.05, 0) is 38.1 Å². The molecule has 2 rings (SSSR count). The summed E-state index contributed by atoms with van der Waals surface area (Å²) >= 11 is 12.2. The molecule has 1 N–H and O–H groups in total. The third-order valence-electron chi connectivity index (χ3n) is 3.08. The van der Waals surface area contributed by atoms with Crippen molar-refractivity contribution in [3.8, 4) is 5.75 Å². The summed E-state index contributed by atoms with van der Waals surface area (Å²) in [7, 11) is 0. The van der Waals surface area contributed by atoms with Crippen LogP contribution in [-0.2, 0) is 0 Å². The molecule has 120 valence electrons. The van der Waals surface area contributed by atoms with E-state index >= 15 is 0 Å². The number of anilines is 1. The number of nitrogens with one attached hydrogen (secondary N) is 1. The number of halogens is 2. The summed E-state index contributed by atoms with van der Waals surface area (Å²) in [5.41, 5.74) is 1.34. The lowest BCUT2D eigenvalue weighted by Gasteiger charge is -2.11.